The zero-order valence-corrected chi connectivity index (χ0v) is 28.1. The summed E-state index contributed by atoms with van der Waals surface area (Å²) in [4.78, 5) is 27.5. The van der Waals surface area contributed by atoms with Crippen molar-refractivity contribution in [2.24, 2.45) is 5.41 Å². The molecule has 248 valence electrons. The lowest BCUT2D eigenvalue weighted by Gasteiger charge is -2.48. The number of methoxy groups -OCH3 is 1. The molecule has 0 aliphatic carbocycles. The number of carbonyl (C=O) groups is 2. The fraction of sp³-hybridized carbons (Fsp3) is 0.314. The molecule has 1 atom stereocenters. The number of nitrogens with one attached hydrogen (secondary N) is 1. The standard InChI is InChI=1S/C35H39N3O8S/c1-23-17-26(44-6)18-24(2)31(23)47(42,43)38(20-25-13-14-29-30(19-25)46-22-45-29)35(33(40)41,34(3,4)5)21-36-32(39)27-11-7-8-12-28(27)37-15-9-10-16-37/h7-19H,20-22H2,1-6H3,(H,36,39)(H,40,41)/t35-/m1/s1. The van der Waals surface area contributed by atoms with Gasteiger partial charge in [-0.15, -0.1) is 0 Å². The molecule has 0 fully saturated rings. The van der Waals surface area contributed by atoms with E-state index in [1.54, 1.807) is 106 Å². The third-order valence-corrected chi connectivity index (χ3v) is 10.7. The van der Waals surface area contributed by atoms with Gasteiger partial charge in [0, 0.05) is 25.5 Å². The van der Waals surface area contributed by atoms with Crippen molar-refractivity contribution in [1.82, 2.24) is 14.2 Å². The first-order valence-corrected chi connectivity index (χ1v) is 16.5. The number of aliphatic carboxylic acids is 1. The van der Waals surface area contributed by atoms with Crippen molar-refractivity contribution < 1.29 is 37.3 Å². The first kappa shape index (κ1) is 33.6. The molecule has 0 spiro atoms. The largest absolute Gasteiger partial charge is 0.497 e. The third kappa shape index (κ3) is 6.18. The summed E-state index contributed by atoms with van der Waals surface area (Å²) in [7, 11) is -3.09. The second-order valence-corrected chi connectivity index (χ2v) is 14.3. The van der Waals surface area contributed by atoms with Crippen molar-refractivity contribution in [3.63, 3.8) is 0 Å². The number of hydrogen-bond acceptors (Lipinski definition) is 7. The number of nitrogens with zero attached hydrogens (tertiary/aromatic N) is 2. The lowest BCUT2D eigenvalue weighted by atomic mass is 9.73. The van der Waals surface area contributed by atoms with Crippen molar-refractivity contribution in [2.75, 3.05) is 20.4 Å². The van der Waals surface area contributed by atoms with Gasteiger partial charge in [0.2, 0.25) is 16.8 Å². The third-order valence-electron chi connectivity index (χ3n) is 8.54. The van der Waals surface area contributed by atoms with Crippen LogP contribution in [0.4, 0.5) is 0 Å². The molecule has 1 aliphatic rings. The van der Waals surface area contributed by atoms with Gasteiger partial charge >= 0.3 is 5.97 Å². The van der Waals surface area contributed by atoms with E-state index < -0.39 is 39.4 Å². The van der Waals surface area contributed by atoms with Gasteiger partial charge in [0.05, 0.1) is 23.3 Å². The van der Waals surface area contributed by atoms with E-state index in [9.17, 15) is 23.1 Å². The Bertz CT molecular complexity index is 1890. The van der Waals surface area contributed by atoms with E-state index in [1.165, 1.54) is 7.11 Å². The normalized spacial score (nSPS) is 14.1. The highest BCUT2D eigenvalue weighted by Crippen LogP contribution is 2.43. The number of ether oxygens (including phenoxy) is 3. The van der Waals surface area contributed by atoms with Gasteiger partial charge in [-0.2, -0.15) is 4.31 Å². The summed E-state index contributed by atoms with van der Waals surface area (Å²) in [6, 6.07) is 18.7. The van der Waals surface area contributed by atoms with Crippen molar-refractivity contribution in [1.29, 1.82) is 0 Å². The average Bonchev–Trinajstić information content (AvgIpc) is 3.72. The van der Waals surface area contributed by atoms with Gasteiger partial charge in [0.15, 0.2) is 17.0 Å². The molecule has 1 aromatic heterocycles. The summed E-state index contributed by atoms with van der Waals surface area (Å²) < 4.78 is 49.1. The molecule has 0 unspecified atom stereocenters. The van der Waals surface area contributed by atoms with Gasteiger partial charge in [0.1, 0.15) is 5.75 Å². The molecular formula is C35H39N3O8S. The van der Waals surface area contributed by atoms with Crippen LogP contribution in [0.3, 0.4) is 0 Å². The Morgan fingerprint density at radius 2 is 1.60 bits per heavy atom. The topological polar surface area (TPSA) is 136 Å². The summed E-state index contributed by atoms with van der Waals surface area (Å²) >= 11 is 0. The van der Waals surface area contributed by atoms with Gasteiger partial charge < -0.3 is 29.2 Å². The molecule has 1 amide bonds. The Kier molecular flexibility index (Phi) is 9.11. The number of benzene rings is 3. The highest BCUT2D eigenvalue weighted by Gasteiger charge is 2.58. The molecule has 3 aromatic carbocycles. The molecule has 2 heterocycles. The Balaban J connectivity index is 1.66. The number of hydrogen-bond donors (Lipinski definition) is 2. The first-order chi connectivity index (χ1) is 22.2. The number of rotatable bonds is 11. The van der Waals surface area contributed by atoms with Crippen molar-refractivity contribution in [3.05, 3.63) is 101 Å². The van der Waals surface area contributed by atoms with E-state index in [1.807, 2.05) is 12.1 Å². The zero-order valence-electron chi connectivity index (χ0n) is 27.2. The maximum absolute atomic E-state index is 15.0. The van der Waals surface area contributed by atoms with Crippen LogP contribution in [-0.4, -0.2) is 60.3 Å². The van der Waals surface area contributed by atoms with E-state index >= 15 is 0 Å². The molecule has 0 radical (unpaired) electrons. The van der Waals surface area contributed by atoms with Crippen molar-refractivity contribution in [3.8, 4) is 22.9 Å². The molecule has 12 heteroatoms. The highest BCUT2D eigenvalue weighted by molar-refractivity contribution is 7.89. The lowest BCUT2D eigenvalue weighted by Crippen LogP contribution is -2.68. The smallest absolute Gasteiger partial charge is 0.327 e. The number of aryl methyl sites for hydroxylation is 2. The summed E-state index contributed by atoms with van der Waals surface area (Å²) in [5.74, 6) is -0.587. The SMILES string of the molecule is COc1cc(C)c(S(=O)(=O)N(Cc2ccc3c(c2)OCO3)[C@](CNC(=O)c2ccccc2-n2cccc2)(C(=O)O)C(C)(C)C)c(C)c1. The minimum Gasteiger partial charge on any atom is -0.497 e. The van der Waals surface area contributed by atoms with E-state index in [2.05, 4.69) is 5.32 Å². The van der Waals surface area contributed by atoms with Crippen LogP contribution in [0, 0.1) is 19.3 Å². The number of para-hydroxylation sites is 1. The summed E-state index contributed by atoms with van der Waals surface area (Å²) in [6.45, 7) is 7.36. The summed E-state index contributed by atoms with van der Waals surface area (Å²) in [6.07, 6.45) is 3.59. The van der Waals surface area contributed by atoms with Gasteiger partial charge in [-0.3, -0.25) is 9.59 Å². The maximum atomic E-state index is 15.0. The van der Waals surface area contributed by atoms with Crippen LogP contribution >= 0.6 is 0 Å². The summed E-state index contributed by atoms with van der Waals surface area (Å²) in [5, 5.41) is 14.0. The molecule has 2 N–H and O–H groups in total. The molecule has 11 nitrogen and oxygen atoms in total. The zero-order chi connectivity index (χ0) is 34.1. The van der Waals surface area contributed by atoms with E-state index in [0.29, 0.717) is 45.2 Å². The average molecular weight is 662 g/mol. The van der Waals surface area contributed by atoms with Crippen LogP contribution in [0.2, 0.25) is 0 Å². The Morgan fingerprint density at radius 3 is 2.21 bits per heavy atom. The Morgan fingerprint density at radius 1 is 0.957 bits per heavy atom. The van der Waals surface area contributed by atoms with E-state index in [0.717, 1.165) is 4.31 Å². The van der Waals surface area contributed by atoms with E-state index in [-0.39, 0.29) is 18.2 Å². The van der Waals surface area contributed by atoms with Crippen LogP contribution < -0.4 is 19.5 Å². The van der Waals surface area contributed by atoms with Crippen molar-refractivity contribution >= 4 is 21.9 Å². The Hall–Kier alpha value is -4.81. The van der Waals surface area contributed by atoms with E-state index in [4.69, 9.17) is 14.2 Å². The first-order valence-electron chi connectivity index (χ1n) is 15.0. The van der Waals surface area contributed by atoms with Crippen LogP contribution in [0.5, 0.6) is 17.2 Å². The second-order valence-electron chi connectivity index (χ2n) is 12.5. The monoisotopic (exact) mass is 661 g/mol. The molecule has 0 saturated carbocycles. The molecule has 1 aliphatic heterocycles. The number of carboxylic acids is 1. The van der Waals surface area contributed by atoms with Gasteiger partial charge in [-0.25, -0.2) is 8.42 Å². The minimum absolute atomic E-state index is 0.0165. The van der Waals surface area contributed by atoms with Gasteiger partial charge in [0.25, 0.3) is 5.91 Å². The van der Waals surface area contributed by atoms with Crippen molar-refractivity contribution in [2.45, 2.75) is 51.6 Å². The number of fused-ring (bicyclic) bond motifs is 1. The molecule has 4 aromatic rings. The number of carbonyl (C=O) groups excluding carboxylic acids is 1. The van der Waals surface area contributed by atoms with Gasteiger partial charge in [-0.05, 0) is 84.5 Å². The lowest BCUT2D eigenvalue weighted by molar-refractivity contribution is -0.155. The van der Waals surface area contributed by atoms with Crippen LogP contribution in [0.1, 0.15) is 47.8 Å². The fourth-order valence-electron chi connectivity index (χ4n) is 6.10. The number of sulfonamides is 1. The maximum Gasteiger partial charge on any atom is 0.327 e. The predicted molar refractivity (Wildman–Crippen MR) is 176 cm³/mol. The highest BCUT2D eigenvalue weighted by atomic mass is 32.2. The number of carboxylic acid groups (broad SMARTS) is 1. The van der Waals surface area contributed by atoms with Crippen LogP contribution in [-0.2, 0) is 21.4 Å². The quantitative estimate of drug-likeness (QED) is 0.221. The minimum atomic E-state index is -4.57. The molecular weight excluding hydrogens is 622 g/mol. The predicted octanol–water partition coefficient (Wildman–Crippen LogP) is 5.32. The van der Waals surface area contributed by atoms with Crippen LogP contribution in [0.25, 0.3) is 5.69 Å². The second kappa shape index (κ2) is 12.8. The number of aromatic nitrogens is 1. The van der Waals surface area contributed by atoms with Gasteiger partial charge in [-0.1, -0.05) is 39.0 Å². The molecule has 0 bridgehead atoms. The molecule has 0 saturated heterocycles. The Labute approximate surface area is 274 Å². The fourth-order valence-corrected chi connectivity index (χ4v) is 8.39. The summed E-state index contributed by atoms with van der Waals surface area (Å²) in [5.41, 5.74) is -1.31. The molecule has 47 heavy (non-hydrogen) atoms. The van der Waals surface area contributed by atoms with Crippen LogP contribution in [0.15, 0.2) is 84.0 Å². The molecule has 5 rings (SSSR count). The number of amides is 1.